The van der Waals surface area contributed by atoms with E-state index in [1.54, 1.807) is 0 Å². The molecule has 1 aliphatic heterocycles. The second kappa shape index (κ2) is 7.48. The lowest BCUT2D eigenvalue weighted by Gasteiger charge is -2.42. The number of nitrogens with zero attached hydrogens (tertiary/aromatic N) is 1. The van der Waals surface area contributed by atoms with Gasteiger partial charge in [-0.3, -0.25) is 9.69 Å². The van der Waals surface area contributed by atoms with E-state index in [4.69, 9.17) is 0 Å². The Labute approximate surface area is 141 Å². The molecule has 1 aromatic carbocycles. The summed E-state index contributed by atoms with van der Waals surface area (Å²) in [4.78, 5) is 14.8. The summed E-state index contributed by atoms with van der Waals surface area (Å²) in [6.45, 7) is 13.1. The topological polar surface area (TPSA) is 32.3 Å². The van der Waals surface area contributed by atoms with Gasteiger partial charge in [0.1, 0.15) is 0 Å². The molecule has 0 aromatic heterocycles. The molecule has 0 spiro atoms. The first-order chi connectivity index (χ1) is 10.9. The van der Waals surface area contributed by atoms with Crippen molar-refractivity contribution in [2.45, 2.75) is 71.4 Å². The lowest BCUT2D eigenvalue weighted by Crippen LogP contribution is -2.49. The fourth-order valence-electron chi connectivity index (χ4n) is 4.09. The number of carbonyl (C=O) groups excluding carboxylic acids is 1. The largest absolute Gasteiger partial charge is 0.351 e. The van der Waals surface area contributed by atoms with Gasteiger partial charge in [0, 0.05) is 29.6 Å². The van der Waals surface area contributed by atoms with Crippen LogP contribution in [0.1, 0.15) is 69.8 Å². The number of hydrogen-bond acceptors (Lipinski definition) is 2. The first kappa shape index (κ1) is 18.0. The van der Waals surface area contributed by atoms with Crippen LogP contribution in [0.15, 0.2) is 24.3 Å². The molecule has 0 fully saturated rings. The van der Waals surface area contributed by atoms with Crippen LogP contribution in [0.4, 0.5) is 0 Å². The molecule has 3 nitrogen and oxygen atoms in total. The summed E-state index contributed by atoms with van der Waals surface area (Å²) in [7, 11) is 0. The van der Waals surface area contributed by atoms with E-state index >= 15 is 0 Å². The molecule has 0 aliphatic carbocycles. The first-order valence-corrected chi connectivity index (χ1v) is 9.04. The molecule has 3 heteroatoms. The van der Waals surface area contributed by atoms with Gasteiger partial charge in [-0.2, -0.15) is 0 Å². The summed E-state index contributed by atoms with van der Waals surface area (Å²) in [5.41, 5.74) is 2.19. The van der Waals surface area contributed by atoms with Gasteiger partial charge in [-0.05, 0) is 58.7 Å². The standard InChI is InChI=1S/C20H32N2O/c1-6-11-20(12-13-22(15(2)3)16(4)5)14-21-19(23)17-9-7-8-10-18(17)20/h7-10,15-16H,6,11-14H2,1-5H3,(H,21,23). The highest BCUT2D eigenvalue weighted by Gasteiger charge is 2.38. The maximum Gasteiger partial charge on any atom is 0.251 e. The van der Waals surface area contributed by atoms with Crippen molar-refractivity contribution in [2.75, 3.05) is 13.1 Å². The summed E-state index contributed by atoms with van der Waals surface area (Å²) >= 11 is 0. The van der Waals surface area contributed by atoms with E-state index in [9.17, 15) is 4.79 Å². The fourth-order valence-corrected chi connectivity index (χ4v) is 4.09. The third-order valence-electron chi connectivity index (χ3n) is 5.23. The number of carbonyl (C=O) groups is 1. The Bertz CT molecular complexity index is 530. The van der Waals surface area contributed by atoms with E-state index in [2.05, 4.69) is 57.0 Å². The van der Waals surface area contributed by atoms with Crippen molar-refractivity contribution in [2.24, 2.45) is 0 Å². The molecular weight excluding hydrogens is 284 g/mol. The van der Waals surface area contributed by atoms with Crippen LogP contribution in [0.2, 0.25) is 0 Å². The molecule has 128 valence electrons. The van der Waals surface area contributed by atoms with Crippen molar-refractivity contribution in [1.29, 1.82) is 0 Å². The van der Waals surface area contributed by atoms with Crippen LogP contribution in [0.3, 0.4) is 0 Å². The highest BCUT2D eigenvalue weighted by molar-refractivity contribution is 5.97. The summed E-state index contributed by atoms with van der Waals surface area (Å²) < 4.78 is 0. The molecule has 1 N–H and O–H groups in total. The summed E-state index contributed by atoms with van der Waals surface area (Å²) in [6, 6.07) is 9.26. The number of nitrogens with one attached hydrogen (secondary N) is 1. The van der Waals surface area contributed by atoms with Crippen LogP contribution in [0.5, 0.6) is 0 Å². The van der Waals surface area contributed by atoms with Crippen molar-refractivity contribution in [3.63, 3.8) is 0 Å². The normalized spacial score (nSPS) is 21.0. The van der Waals surface area contributed by atoms with Gasteiger partial charge in [0.15, 0.2) is 0 Å². The Morgan fingerprint density at radius 3 is 2.39 bits per heavy atom. The van der Waals surface area contributed by atoms with E-state index in [0.29, 0.717) is 12.1 Å². The third-order valence-corrected chi connectivity index (χ3v) is 5.23. The summed E-state index contributed by atoms with van der Waals surface area (Å²) in [5.74, 6) is 0.0805. The number of fused-ring (bicyclic) bond motifs is 1. The number of amides is 1. The van der Waals surface area contributed by atoms with Crippen LogP contribution >= 0.6 is 0 Å². The van der Waals surface area contributed by atoms with Gasteiger partial charge in [0.25, 0.3) is 5.91 Å². The highest BCUT2D eigenvalue weighted by atomic mass is 16.1. The van der Waals surface area contributed by atoms with Crippen LogP contribution in [0, 0.1) is 0 Å². The van der Waals surface area contributed by atoms with Crippen molar-refractivity contribution >= 4 is 5.91 Å². The Kier molecular flexibility index (Phi) is 5.85. The molecule has 0 radical (unpaired) electrons. The second-order valence-corrected chi connectivity index (χ2v) is 7.43. The maximum absolute atomic E-state index is 12.2. The van der Waals surface area contributed by atoms with Gasteiger partial charge >= 0.3 is 0 Å². The van der Waals surface area contributed by atoms with Crippen molar-refractivity contribution < 1.29 is 4.79 Å². The Hall–Kier alpha value is -1.35. The van der Waals surface area contributed by atoms with Crippen molar-refractivity contribution in [3.8, 4) is 0 Å². The molecule has 1 unspecified atom stereocenters. The van der Waals surface area contributed by atoms with Gasteiger partial charge in [-0.25, -0.2) is 0 Å². The number of rotatable bonds is 7. The van der Waals surface area contributed by atoms with E-state index in [-0.39, 0.29) is 11.3 Å². The molecule has 1 heterocycles. The molecule has 1 aromatic rings. The molecular formula is C20H32N2O. The lowest BCUT2D eigenvalue weighted by molar-refractivity contribution is 0.0905. The third kappa shape index (κ3) is 3.77. The molecule has 0 saturated heterocycles. The van der Waals surface area contributed by atoms with Crippen LogP contribution in [-0.2, 0) is 5.41 Å². The van der Waals surface area contributed by atoms with E-state index in [1.807, 2.05) is 12.1 Å². The second-order valence-electron chi connectivity index (χ2n) is 7.43. The molecule has 0 saturated carbocycles. The Balaban J connectivity index is 2.30. The van der Waals surface area contributed by atoms with E-state index in [0.717, 1.165) is 37.9 Å². The molecule has 1 atom stereocenters. The zero-order valence-electron chi connectivity index (χ0n) is 15.4. The lowest BCUT2D eigenvalue weighted by atomic mass is 9.70. The van der Waals surface area contributed by atoms with Crippen molar-refractivity contribution in [3.05, 3.63) is 35.4 Å². The maximum atomic E-state index is 12.2. The first-order valence-electron chi connectivity index (χ1n) is 9.04. The predicted molar refractivity (Wildman–Crippen MR) is 97.0 cm³/mol. The van der Waals surface area contributed by atoms with Crippen LogP contribution in [0.25, 0.3) is 0 Å². The van der Waals surface area contributed by atoms with Gasteiger partial charge in [0.2, 0.25) is 0 Å². The van der Waals surface area contributed by atoms with E-state index < -0.39 is 0 Å². The summed E-state index contributed by atoms with van der Waals surface area (Å²) in [6.07, 6.45) is 3.34. The predicted octanol–water partition coefficient (Wildman–Crippen LogP) is 3.98. The Morgan fingerprint density at radius 1 is 1.13 bits per heavy atom. The van der Waals surface area contributed by atoms with Gasteiger partial charge < -0.3 is 5.32 Å². The molecule has 2 rings (SSSR count). The zero-order valence-corrected chi connectivity index (χ0v) is 15.4. The number of hydrogen-bond donors (Lipinski definition) is 1. The van der Waals surface area contributed by atoms with Crippen LogP contribution in [-0.4, -0.2) is 36.0 Å². The summed E-state index contributed by atoms with van der Waals surface area (Å²) in [5, 5.41) is 3.14. The molecule has 0 bridgehead atoms. The monoisotopic (exact) mass is 316 g/mol. The average molecular weight is 316 g/mol. The van der Waals surface area contributed by atoms with Crippen molar-refractivity contribution in [1.82, 2.24) is 10.2 Å². The fraction of sp³-hybridized carbons (Fsp3) is 0.650. The van der Waals surface area contributed by atoms with Gasteiger partial charge in [0.05, 0.1) is 0 Å². The molecule has 1 aliphatic rings. The van der Waals surface area contributed by atoms with E-state index in [1.165, 1.54) is 5.56 Å². The minimum Gasteiger partial charge on any atom is -0.351 e. The highest BCUT2D eigenvalue weighted by Crippen LogP contribution is 2.37. The smallest absolute Gasteiger partial charge is 0.251 e. The zero-order chi connectivity index (χ0) is 17.0. The minimum absolute atomic E-state index is 0.0707. The Morgan fingerprint density at radius 2 is 1.78 bits per heavy atom. The molecule has 23 heavy (non-hydrogen) atoms. The SMILES string of the molecule is CCCC1(CCN(C(C)C)C(C)C)CNC(=O)c2ccccc21. The quantitative estimate of drug-likeness (QED) is 0.825. The van der Waals surface area contributed by atoms with Crippen LogP contribution < -0.4 is 5.32 Å². The molecule has 1 amide bonds. The minimum atomic E-state index is 0.0707. The van der Waals surface area contributed by atoms with Gasteiger partial charge in [-0.1, -0.05) is 31.5 Å². The van der Waals surface area contributed by atoms with Gasteiger partial charge in [-0.15, -0.1) is 0 Å². The average Bonchev–Trinajstić information content (AvgIpc) is 2.51. The number of benzene rings is 1.